The van der Waals surface area contributed by atoms with Gasteiger partial charge in [-0.25, -0.2) is 0 Å². The molecule has 1 aliphatic heterocycles. The number of morpholine rings is 1. The van der Waals surface area contributed by atoms with E-state index in [4.69, 9.17) is 16.3 Å². The van der Waals surface area contributed by atoms with Crippen molar-refractivity contribution in [2.75, 3.05) is 31.6 Å². The number of benzene rings is 2. The van der Waals surface area contributed by atoms with Gasteiger partial charge in [-0.2, -0.15) is 0 Å². The quantitative estimate of drug-likeness (QED) is 0.642. The summed E-state index contributed by atoms with van der Waals surface area (Å²) in [6.07, 6.45) is 1.73. The Bertz CT molecular complexity index is 1010. The zero-order chi connectivity index (χ0) is 20.1. The fourth-order valence-electron chi connectivity index (χ4n) is 3.47. The molecule has 0 atom stereocenters. The summed E-state index contributed by atoms with van der Waals surface area (Å²) in [4.78, 5) is 17.5. The van der Waals surface area contributed by atoms with Gasteiger partial charge in [0.25, 0.3) is 5.56 Å². The van der Waals surface area contributed by atoms with Crippen LogP contribution in [-0.4, -0.2) is 36.2 Å². The Hall–Kier alpha value is -2.60. The molecule has 0 unspecified atom stereocenters. The van der Waals surface area contributed by atoms with Gasteiger partial charge in [-0.1, -0.05) is 35.9 Å². The van der Waals surface area contributed by atoms with Crippen LogP contribution in [0.1, 0.15) is 11.1 Å². The summed E-state index contributed by atoms with van der Waals surface area (Å²) < 4.78 is 5.41. The second-order valence-electron chi connectivity index (χ2n) is 7.19. The topological polar surface area (TPSA) is 57.4 Å². The minimum atomic E-state index is -0.0836. The van der Waals surface area contributed by atoms with Gasteiger partial charge in [0.05, 0.1) is 13.2 Å². The number of aromatic nitrogens is 1. The number of nitrogens with one attached hydrogen (secondary N) is 2. The number of hydrogen-bond acceptors (Lipinski definition) is 4. The van der Waals surface area contributed by atoms with Gasteiger partial charge in [0.2, 0.25) is 0 Å². The Morgan fingerprint density at radius 1 is 1.03 bits per heavy atom. The third-order valence-electron chi connectivity index (χ3n) is 5.08. The highest BCUT2D eigenvalue weighted by Gasteiger charge is 2.11. The summed E-state index contributed by atoms with van der Waals surface area (Å²) in [5.74, 6) is 0. The molecule has 4 rings (SSSR count). The first-order chi connectivity index (χ1) is 14.2. The Morgan fingerprint density at radius 3 is 2.62 bits per heavy atom. The predicted octanol–water partition coefficient (Wildman–Crippen LogP) is 4.14. The Labute approximate surface area is 175 Å². The lowest BCUT2D eigenvalue weighted by molar-refractivity contribution is 0.0342. The first kappa shape index (κ1) is 19.7. The molecule has 2 aromatic carbocycles. The third kappa shape index (κ3) is 5.26. The molecular weight excluding hydrogens is 386 g/mol. The molecule has 2 N–H and O–H groups in total. The summed E-state index contributed by atoms with van der Waals surface area (Å²) in [6, 6.07) is 17.9. The normalized spacial score (nSPS) is 14.7. The minimum Gasteiger partial charge on any atom is -0.381 e. The van der Waals surface area contributed by atoms with E-state index in [-0.39, 0.29) is 5.56 Å². The summed E-state index contributed by atoms with van der Waals surface area (Å²) in [5, 5.41) is 4.07. The van der Waals surface area contributed by atoms with Crippen molar-refractivity contribution in [3.63, 3.8) is 0 Å². The largest absolute Gasteiger partial charge is 0.381 e. The maximum Gasteiger partial charge on any atom is 0.252 e. The standard InChI is InChI=1S/C23H24ClN3O2/c24-21-6-4-18(5-7-21)19-13-20(23(28)26-14-19)15-25-22-3-1-2-17(12-22)16-27-8-10-29-11-9-27/h1-7,12-14,25H,8-11,15-16H2,(H,26,28). The molecule has 2 heterocycles. The van der Waals surface area contributed by atoms with Gasteiger partial charge >= 0.3 is 0 Å². The highest BCUT2D eigenvalue weighted by molar-refractivity contribution is 6.30. The van der Waals surface area contributed by atoms with Crippen LogP contribution in [0.15, 0.2) is 65.6 Å². The van der Waals surface area contributed by atoms with Crippen molar-refractivity contribution >= 4 is 17.3 Å². The monoisotopic (exact) mass is 409 g/mol. The lowest BCUT2D eigenvalue weighted by atomic mass is 10.1. The molecule has 1 aliphatic rings. The molecule has 0 aliphatic carbocycles. The molecular formula is C23H24ClN3O2. The van der Waals surface area contributed by atoms with Crippen LogP contribution in [0, 0.1) is 0 Å². The number of ether oxygens (including phenoxy) is 1. The highest BCUT2D eigenvalue weighted by atomic mass is 35.5. The molecule has 0 saturated carbocycles. The Kier molecular flexibility index (Phi) is 6.30. The first-order valence-corrected chi connectivity index (χ1v) is 10.2. The van der Waals surface area contributed by atoms with Gasteiger partial charge in [0, 0.05) is 48.6 Å². The second kappa shape index (κ2) is 9.27. The fraction of sp³-hybridized carbons (Fsp3) is 0.261. The van der Waals surface area contributed by atoms with Crippen molar-refractivity contribution in [3.8, 4) is 11.1 Å². The van der Waals surface area contributed by atoms with Crippen LogP contribution in [-0.2, 0) is 17.8 Å². The van der Waals surface area contributed by atoms with Crippen molar-refractivity contribution in [3.05, 3.63) is 87.3 Å². The van der Waals surface area contributed by atoms with E-state index in [1.54, 1.807) is 6.20 Å². The van der Waals surface area contributed by atoms with Crippen LogP contribution in [0.25, 0.3) is 11.1 Å². The molecule has 0 radical (unpaired) electrons. The zero-order valence-electron chi connectivity index (χ0n) is 16.2. The van der Waals surface area contributed by atoms with E-state index < -0.39 is 0 Å². The van der Waals surface area contributed by atoms with E-state index in [0.717, 1.165) is 49.7 Å². The average Bonchev–Trinajstić information content (AvgIpc) is 2.75. The molecule has 0 amide bonds. The van der Waals surface area contributed by atoms with E-state index in [1.807, 2.05) is 42.5 Å². The van der Waals surface area contributed by atoms with E-state index >= 15 is 0 Å². The maximum absolute atomic E-state index is 12.3. The molecule has 1 fully saturated rings. The fourth-order valence-corrected chi connectivity index (χ4v) is 3.59. The molecule has 1 aromatic heterocycles. The summed E-state index contributed by atoms with van der Waals surface area (Å²) in [6.45, 7) is 4.88. The molecule has 3 aromatic rings. The minimum absolute atomic E-state index is 0.0836. The van der Waals surface area contributed by atoms with E-state index in [9.17, 15) is 4.79 Å². The average molecular weight is 410 g/mol. The lowest BCUT2D eigenvalue weighted by Crippen LogP contribution is -2.35. The molecule has 150 valence electrons. The van der Waals surface area contributed by atoms with Crippen molar-refractivity contribution in [1.82, 2.24) is 9.88 Å². The predicted molar refractivity (Wildman–Crippen MR) is 117 cm³/mol. The Balaban J connectivity index is 1.44. The van der Waals surface area contributed by atoms with Crippen LogP contribution in [0.5, 0.6) is 0 Å². The number of pyridine rings is 1. The lowest BCUT2D eigenvalue weighted by Gasteiger charge is -2.26. The van der Waals surface area contributed by atoms with Crippen molar-refractivity contribution < 1.29 is 4.74 Å². The van der Waals surface area contributed by atoms with Crippen LogP contribution >= 0.6 is 11.6 Å². The SMILES string of the molecule is O=c1[nH]cc(-c2ccc(Cl)cc2)cc1CNc1cccc(CN2CCOCC2)c1. The van der Waals surface area contributed by atoms with E-state index in [1.165, 1.54) is 5.56 Å². The zero-order valence-corrected chi connectivity index (χ0v) is 16.9. The summed E-state index contributed by atoms with van der Waals surface area (Å²) in [7, 11) is 0. The number of aromatic amines is 1. The van der Waals surface area contributed by atoms with Gasteiger partial charge in [0.1, 0.15) is 0 Å². The third-order valence-corrected chi connectivity index (χ3v) is 5.33. The molecule has 1 saturated heterocycles. The number of H-pyrrole nitrogens is 1. The van der Waals surface area contributed by atoms with Gasteiger partial charge in [-0.05, 0) is 47.0 Å². The van der Waals surface area contributed by atoms with Gasteiger partial charge in [0.15, 0.2) is 0 Å². The van der Waals surface area contributed by atoms with Gasteiger partial charge in [-0.3, -0.25) is 9.69 Å². The van der Waals surface area contributed by atoms with Crippen LogP contribution in [0.4, 0.5) is 5.69 Å². The van der Waals surface area contributed by atoms with Gasteiger partial charge < -0.3 is 15.0 Å². The number of rotatable bonds is 6. The van der Waals surface area contributed by atoms with Crippen LogP contribution in [0.3, 0.4) is 0 Å². The smallest absolute Gasteiger partial charge is 0.252 e. The van der Waals surface area contributed by atoms with Crippen molar-refractivity contribution in [2.24, 2.45) is 0 Å². The van der Waals surface area contributed by atoms with Crippen molar-refractivity contribution in [2.45, 2.75) is 13.1 Å². The highest BCUT2D eigenvalue weighted by Crippen LogP contribution is 2.21. The second-order valence-corrected chi connectivity index (χ2v) is 7.63. The summed E-state index contributed by atoms with van der Waals surface area (Å²) in [5.41, 5.74) is 4.84. The number of hydrogen-bond donors (Lipinski definition) is 2. The number of halogens is 1. The molecule has 0 bridgehead atoms. The number of anilines is 1. The Morgan fingerprint density at radius 2 is 1.83 bits per heavy atom. The molecule has 6 heteroatoms. The van der Waals surface area contributed by atoms with Gasteiger partial charge in [-0.15, -0.1) is 0 Å². The first-order valence-electron chi connectivity index (χ1n) is 9.78. The van der Waals surface area contributed by atoms with Crippen molar-refractivity contribution in [1.29, 1.82) is 0 Å². The van der Waals surface area contributed by atoms with E-state index in [2.05, 4.69) is 27.3 Å². The molecule has 5 nitrogen and oxygen atoms in total. The molecule has 29 heavy (non-hydrogen) atoms. The number of nitrogens with zero attached hydrogens (tertiary/aromatic N) is 1. The maximum atomic E-state index is 12.3. The van der Waals surface area contributed by atoms with Crippen LogP contribution in [0.2, 0.25) is 5.02 Å². The van der Waals surface area contributed by atoms with E-state index in [0.29, 0.717) is 17.1 Å². The molecule has 0 spiro atoms. The van der Waals surface area contributed by atoms with Crippen LogP contribution < -0.4 is 10.9 Å². The summed E-state index contributed by atoms with van der Waals surface area (Å²) >= 11 is 5.97.